The summed E-state index contributed by atoms with van der Waals surface area (Å²) >= 11 is 1.19. The van der Waals surface area contributed by atoms with Crippen molar-refractivity contribution in [2.75, 3.05) is 11.7 Å². The van der Waals surface area contributed by atoms with E-state index in [2.05, 4.69) is 4.98 Å². The Balaban J connectivity index is 1.59. The van der Waals surface area contributed by atoms with E-state index in [-0.39, 0.29) is 11.7 Å². The fraction of sp³-hybridized carbons (Fsp3) is 0.238. The minimum Gasteiger partial charge on any atom is -0.481 e. The van der Waals surface area contributed by atoms with Gasteiger partial charge in [0.25, 0.3) is 0 Å². The highest BCUT2D eigenvalue weighted by Gasteiger charge is 2.29. The molecule has 2 N–H and O–H groups in total. The zero-order valence-corrected chi connectivity index (χ0v) is 17.0. The molecule has 0 saturated heterocycles. The van der Waals surface area contributed by atoms with Gasteiger partial charge in [-0.25, -0.2) is 4.98 Å². The number of carboxylic acids is 1. The number of benzene rings is 2. The van der Waals surface area contributed by atoms with Gasteiger partial charge in [-0.1, -0.05) is 66.4 Å². The largest absolute Gasteiger partial charge is 0.481 e. The van der Waals surface area contributed by atoms with E-state index in [0.717, 1.165) is 16.5 Å². The van der Waals surface area contributed by atoms with Crippen molar-refractivity contribution in [2.45, 2.75) is 17.9 Å². The zero-order chi connectivity index (χ0) is 20.0. The van der Waals surface area contributed by atoms with Crippen LogP contribution in [0.3, 0.4) is 0 Å². The monoisotopic (exact) mass is 415 g/mol. The Morgan fingerprint density at radius 1 is 1.04 bits per heavy atom. The van der Waals surface area contributed by atoms with Gasteiger partial charge in [0.15, 0.2) is 0 Å². The molecule has 3 aromatic rings. The molecular weight excluding hydrogens is 393 g/mol. The first kappa shape index (κ1) is 20.6. The standard InChI is InChI=1S/C21H22NO4PS/c23-21(24)18(11-10-16-6-2-1-3-7-16)14-27(25,26)15-28-20-13-12-17-8-4-5-9-19(17)22-20/h1-9,12-13,18H,10-11,14-15H2,(H,23,24)(H,25,26). The van der Waals surface area contributed by atoms with Crippen molar-refractivity contribution in [1.29, 1.82) is 0 Å². The summed E-state index contributed by atoms with van der Waals surface area (Å²) < 4.78 is 12.6. The average Bonchev–Trinajstić information content (AvgIpc) is 2.70. The van der Waals surface area contributed by atoms with Crippen LogP contribution in [-0.2, 0) is 15.8 Å². The highest BCUT2D eigenvalue weighted by molar-refractivity contribution is 8.04. The fourth-order valence-corrected chi connectivity index (χ4v) is 6.08. The summed E-state index contributed by atoms with van der Waals surface area (Å²) in [5, 5.41) is 11.1. The van der Waals surface area contributed by atoms with Crippen LogP contribution < -0.4 is 0 Å². The minimum atomic E-state index is -3.61. The number of fused-ring (bicyclic) bond motifs is 1. The number of thioether (sulfide) groups is 1. The third-order valence-corrected chi connectivity index (χ3v) is 8.13. The molecule has 2 aromatic carbocycles. The van der Waals surface area contributed by atoms with E-state index in [1.165, 1.54) is 11.8 Å². The molecule has 0 aliphatic rings. The second-order valence-electron chi connectivity index (χ2n) is 6.70. The van der Waals surface area contributed by atoms with Crippen LogP contribution in [0.5, 0.6) is 0 Å². The molecule has 0 bridgehead atoms. The first-order valence-corrected chi connectivity index (χ1v) is 12.0. The molecule has 1 heterocycles. The first-order chi connectivity index (χ1) is 13.4. The first-order valence-electron chi connectivity index (χ1n) is 8.99. The molecule has 1 aromatic heterocycles. The number of aliphatic carboxylic acids is 1. The lowest BCUT2D eigenvalue weighted by Crippen LogP contribution is -2.19. The number of aromatic nitrogens is 1. The molecule has 5 nitrogen and oxygen atoms in total. The molecule has 2 atom stereocenters. The Bertz CT molecular complexity index is 996. The molecule has 2 unspecified atom stereocenters. The molecule has 0 saturated carbocycles. The van der Waals surface area contributed by atoms with E-state index < -0.39 is 19.3 Å². The highest BCUT2D eigenvalue weighted by atomic mass is 32.2. The molecule has 7 heteroatoms. The van der Waals surface area contributed by atoms with Gasteiger partial charge in [-0.05, 0) is 30.5 Å². The number of pyridine rings is 1. The second kappa shape index (κ2) is 9.37. The lowest BCUT2D eigenvalue weighted by molar-refractivity contribution is -0.141. The van der Waals surface area contributed by atoms with Crippen LogP contribution in [-0.4, -0.2) is 32.6 Å². The van der Waals surface area contributed by atoms with Crippen LogP contribution in [0.2, 0.25) is 0 Å². The van der Waals surface area contributed by atoms with Gasteiger partial charge in [0.05, 0.1) is 22.0 Å². The van der Waals surface area contributed by atoms with Gasteiger partial charge in [0.1, 0.15) is 0 Å². The Morgan fingerprint density at radius 3 is 2.50 bits per heavy atom. The van der Waals surface area contributed by atoms with Crippen molar-refractivity contribution in [1.82, 2.24) is 4.98 Å². The quantitative estimate of drug-likeness (QED) is 0.382. The number of hydrogen-bond acceptors (Lipinski definition) is 4. The molecule has 0 aliphatic heterocycles. The molecule has 3 rings (SSSR count). The molecular formula is C21H22NO4PS. The maximum atomic E-state index is 12.6. The summed E-state index contributed by atoms with van der Waals surface area (Å²) in [6, 6.07) is 21.0. The summed E-state index contributed by atoms with van der Waals surface area (Å²) in [7, 11) is -3.61. The van der Waals surface area contributed by atoms with Crippen LogP contribution in [0.25, 0.3) is 10.9 Å². The number of rotatable bonds is 9. The van der Waals surface area contributed by atoms with E-state index >= 15 is 0 Å². The van der Waals surface area contributed by atoms with E-state index in [9.17, 15) is 19.4 Å². The molecule has 0 spiro atoms. The van der Waals surface area contributed by atoms with Gasteiger partial charge >= 0.3 is 5.97 Å². The van der Waals surface area contributed by atoms with Crippen LogP contribution >= 0.6 is 19.1 Å². The van der Waals surface area contributed by atoms with E-state index in [4.69, 9.17) is 0 Å². The van der Waals surface area contributed by atoms with Crippen LogP contribution in [0.4, 0.5) is 0 Å². The number of nitrogens with zero attached hydrogens (tertiary/aromatic N) is 1. The topological polar surface area (TPSA) is 87.5 Å². The van der Waals surface area contributed by atoms with Crippen LogP contribution in [0.1, 0.15) is 12.0 Å². The number of para-hydroxylation sites is 1. The molecule has 0 radical (unpaired) electrons. The second-order valence-corrected chi connectivity index (χ2v) is 10.5. The Hall–Kier alpha value is -2.14. The molecule has 0 aliphatic carbocycles. The number of carboxylic acid groups (broad SMARTS) is 1. The predicted molar refractivity (Wildman–Crippen MR) is 113 cm³/mol. The third kappa shape index (κ3) is 5.93. The number of carbonyl (C=O) groups is 1. The molecule has 0 fully saturated rings. The zero-order valence-electron chi connectivity index (χ0n) is 15.3. The lowest BCUT2D eigenvalue weighted by Gasteiger charge is -2.17. The minimum absolute atomic E-state index is 0.0482. The van der Waals surface area contributed by atoms with Crippen molar-refractivity contribution in [3.63, 3.8) is 0 Å². The summed E-state index contributed by atoms with van der Waals surface area (Å²) in [6.45, 7) is 0. The summed E-state index contributed by atoms with van der Waals surface area (Å²) in [5.74, 6) is -1.87. The van der Waals surface area contributed by atoms with E-state index in [0.29, 0.717) is 17.9 Å². The van der Waals surface area contributed by atoms with Crippen LogP contribution in [0, 0.1) is 5.92 Å². The summed E-state index contributed by atoms with van der Waals surface area (Å²) in [4.78, 5) is 26.4. The number of aryl methyl sites for hydroxylation is 1. The van der Waals surface area contributed by atoms with Gasteiger partial charge in [-0.15, -0.1) is 0 Å². The number of hydrogen-bond donors (Lipinski definition) is 2. The normalized spacial score (nSPS) is 14.5. The predicted octanol–water partition coefficient (Wildman–Crippen LogP) is 4.89. The van der Waals surface area contributed by atoms with Crippen molar-refractivity contribution < 1.29 is 19.4 Å². The Labute approximate surface area is 168 Å². The highest BCUT2D eigenvalue weighted by Crippen LogP contribution is 2.47. The molecule has 0 amide bonds. The third-order valence-electron chi connectivity index (χ3n) is 4.47. The summed E-state index contributed by atoms with van der Waals surface area (Å²) in [6.07, 6.45) is 0.676. The van der Waals surface area contributed by atoms with Gasteiger partial charge in [0.2, 0.25) is 7.37 Å². The van der Waals surface area contributed by atoms with E-state index in [1.807, 2.05) is 66.7 Å². The SMILES string of the molecule is O=C(O)C(CCc1ccccc1)CP(=O)(O)CSc1ccc2ccccc2n1. The van der Waals surface area contributed by atoms with Crippen molar-refractivity contribution in [3.05, 3.63) is 72.3 Å². The summed E-state index contributed by atoms with van der Waals surface area (Å²) in [5.41, 5.74) is 1.80. The van der Waals surface area contributed by atoms with Gasteiger partial charge in [0, 0.05) is 11.5 Å². The van der Waals surface area contributed by atoms with Gasteiger partial charge in [-0.3, -0.25) is 9.36 Å². The smallest absolute Gasteiger partial charge is 0.307 e. The maximum Gasteiger partial charge on any atom is 0.307 e. The van der Waals surface area contributed by atoms with Crippen molar-refractivity contribution in [2.24, 2.45) is 5.92 Å². The van der Waals surface area contributed by atoms with Crippen molar-refractivity contribution in [3.8, 4) is 0 Å². The average molecular weight is 415 g/mol. The van der Waals surface area contributed by atoms with E-state index in [1.54, 1.807) is 0 Å². The maximum absolute atomic E-state index is 12.6. The van der Waals surface area contributed by atoms with Crippen LogP contribution in [0.15, 0.2) is 71.8 Å². The Morgan fingerprint density at radius 2 is 1.75 bits per heavy atom. The lowest BCUT2D eigenvalue weighted by atomic mass is 10.0. The Kier molecular flexibility index (Phi) is 6.89. The fourth-order valence-electron chi connectivity index (χ4n) is 2.97. The molecule has 28 heavy (non-hydrogen) atoms. The van der Waals surface area contributed by atoms with Gasteiger partial charge in [-0.2, -0.15) is 0 Å². The van der Waals surface area contributed by atoms with Gasteiger partial charge < -0.3 is 10.00 Å². The molecule has 146 valence electrons. The van der Waals surface area contributed by atoms with Crippen molar-refractivity contribution >= 4 is 36.0 Å².